The molecule has 0 unspecified atom stereocenters. The summed E-state index contributed by atoms with van der Waals surface area (Å²) in [5.41, 5.74) is 0. The molecule has 0 atom stereocenters. The Morgan fingerprint density at radius 3 is 2.25 bits per heavy atom. The third kappa shape index (κ3) is 7.10. The number of hydrogen-bond donors (Lipinski definition) is 0. The smallest absolute Gasteiger partial charge is 0.150 e. The van der Waals surface area contributed by atoms with Gasteiger partial charge in [-0.2, -0.15) is 0 Å². The Balaban J connectivity index is 3.48. The lowest BCUT2D eigenvalue weighted by atomic mass is 10.3. The fraction of sp³-hybridized carbons (Fsp3) is 1.00. The summed E-state index contributed by atoms with van der Waals surface area (Å²) in [6.07, 6.45) is 3.63. The van der Waals surface area contributed by atoms with Crippen molar-refractivity contribution in [3.8, 4) is 0 Å². The summed E-state index contributed by atoms with van der Waals surface area (Å²) < 4.78 is 22.4. The molecule has 4 heteroatoms. The molecule has 0 aromatic rings. The number of sulfone groups is 1. The molecule has 0 aliphatic rings. The van der Waals surface area contributed by atoms with Crippen molar-refractivity contribution < 1.29 is 8.42 Å². The molecule has 0 aliphatic heterocycles. The predicted octanol–water partition coefficient (Wildman–Crippen LogP) is 2.38. The van der Waals surface area contributed by atoms with E-state index in [2.05, 4.69) is 15.9 Å². The Morgan fingerprint density at radius 1 is 1.08 bits per heavy atom. The first-order chi connectivity index (χ1) is 5.62. The number of hydrogen-bond acceptors (Lipinski definition) is 2. The molecule has 12 heavy (non-hydrogen) atoms. The molecule has 0 aromatic carbocycles. The van der Waals surface area contributed by atoms with Crippen molar-refractivity contribution in [3.05, 3.63) is 0 Å². The van der Waals surface area contributed by atoms with Gasteiger partial charge in [-0.15, -0.1) is 0 Å². The molecule has 74 valence electrons. The first-order valence-electron chi connectivity index (χ1n) is 4.39. The zero-order valence-corrected chi connectivity index (χ0v) is 9.95. The van der Waals surface area contributed by atoms with Crippen molar-refractivity contribution in [3.63, 3.8) is 0 Å². The predicted molar refractivity (Wildman–Crippen MR) is 56.6 cm³/mol. The summed E-state index contributed by atoms with van der Waals surface area (Å²) in [5.74, 6) is 0.717. The molecular weight excluding hydrogens is 240 g/mol. The monoisotopic (exact) mass is 256 g/mol. The maximum absolute atomic E-state index is 11.2. The van der Waals surface area contributed by atoms with E-state index in [4.69, 9.17) is 0 Å². The molecule has 0 aromatic heterocycles. The molecule has 0 bridgehead atoms. The Kier molecular flexibility index (Phi) is 7.14. The minimum absolute atomic E-state index is 0.349. The zero-order chi connectivity index (χ0) is 9.45. The Morgan fingerprint density at radius 2 is 1.75 bits per heavy atom. The number of halogens is 1. The number of rotatable bonds is 7. The van der Waals surface area contributed by atoms with E-state index in [1.165, 1.54) is 0 Å². The van der Waals surface area contributed by atoms with Gasteiger partial charge < -0.3 is 0 Å². The van der Waals surface area contributed by atoms with E-state index in [9.17, 15) is 8.42 Å². The number of unbranched alkanes of at least 4 members (excludes halogenated alkanes) is 2. The summed E-state index contributed by atoms with van der Waals surface area (Å²) in [6.45, 7) is 1.90. The normalized spacial score (nSPS) is 11.8. The van der Waals surface area contributed by atoms with Gasteiger partial charge >= 0.3 is 0 Å². The van der Waals surface area contributed by atoms with Crippen molar-refractivity contribution >= 4 is 25.8 Å². The highest BCUT2D eigenvalue weighted by atomic mass is 79.9. The van der Waals surface area contributed by atoms with Crippen LogP contribution in [0.2, 0.25) is 0 Å². The molecule has 0 N–H and O–H groups in total. The van der Waals surface area contributed by atoms with Gasteiger partial charge in [-0.1, -0.05) is 29.3 Å². The number of alkyl halides is 1. The van der Waals surface area contributed by atoms with Crippen LogP contribution in [0.25, 0.3) is 0 Å². The molecular formula is C8H17BrO2S. The van der Waals surface area contributed by atoms with Gasteiger partial charge in [0.25, 0.3) is 0 Å². The summed E-state index contributed by atoms with van der Waals surface area (Å²) in [7, 11) is -2.73. The van der Waals surface area contributed by atoms with Gasteiger partial charge in [-0.3, -0.25) is 0 Å². The van der Waals surface area contributed by atoms with Crippen LogP contribution in [0.1, 0.15) is 32.6 Å². The highest BCUT2D eigenvalue weighted by molar-refractivity contribution is 9.09. The first-order valence-corrected chi connectivity index (χ1v) is 7.33. The van der Waals surface area contributed by atoms with Crippen molar-refractivity contribution in [1.82, 2.24) is 0 Å². The first kappa shape index (κ1) is 12.4. The molecule has 0 aliphatic carbocycles. The van der Waals surface area contributed by atoms with E-state index >= 15 is 0 Å². The molecule has 0 spiro atoms. The summed E-state index contributed by atoms with van der Waals surface area (Å²) in [5, 5.41) is 0.973. The Labute approximate surface area is 83.8 Å². The van der Waals surface area contributed by atoms with Gasteiger partial charge in [0.05, 0.1) is 5.75 Å². The lowest BCUT2D eigenvalue weighted by Gasteiger charge is -2.00. The quantitative estimate of drug-likeness (QED) is 0.518. The Bertz CT molecular complexity index is 187. The standard InChI is InChI=1S/C8H17BrO2S/c1-2-7-12(10,11)8-5-3-4-6-9/h2-8H2,1H3. The van der Waals surface area contributed by atoms with E-state index in [0.717, 1.165) is 31.0 Å². The highest BCUT2D eigenvalue weighted by Crippen LogP contribution is 2.03. The van der Waals surface area contributed by atoms with Crippen LogP contribution in [0.15, 0.2) is 0 Å². The van der Waals surface area contributed by atoms with E-state index < -0.39 is 9.84 Å². The van der Waals surface area contributed by atoms with E-state index in [0.29, 0.717) is 11.5 Å². The molecule has 0 saturated heterocycles. The van der Waals surface area contributed by atoms with Gasteiger partial charge in [0.1, 0.15) is 9.84 Å². The van der Waals surface area contributed by atoms with Gasteiger partial charge in [0.15, 0.2) is 0 Å². The summed E-state index contributed by atoms with van der Waals surface area (Å²) in [4.78, 5) is 0. The van der Waals surface area contributed by atoms with Crippen LogP contribution in [0, 0.1) is 0 Å². The fourth-order valence-corrected chi connectivity index (χ4v) is 2.87. The van der Waals surface area contributed by atoms with E-state index in [1.54, 1.807) is 0 Å². The van der Waals surface area contributed by atoms with Crippen LogP contribution in [0.5, 0.6) is 0 Å². The molecule has 0 amide bonds. The van der Waals surface area contributed by atoms with Gasteiger partial charge in [0.2, 0.25) is 0 Å². The maximum atomic E-state index is 11.2. The Hall–Kier alpha value is 0.430. The van der Waals surface area contributed by atoms with Crippen LogP contribution < -0.4 is 0 Å². The molecule has 0 radical (unpaired) electrons. The van der Waals surface area contributed by atoms with Crippen LogP contribution in [-0.4, -0.2) is 25.3 Å². The van der Waals surface area contributed by atoms with E-state index in [1.807, 2.05) is 6.92 Å². The van der Waals surface area contributed by atoms with Crippen molar-refractivity contribution in [2.24, 2.45) is 0 Å². The summed E-state index contributed by atoms with van der Waals surface area (Å²) >= 11 is 3.31. The SMILES string of the molecule is CCCS(=O)(=O)CCCCCBr. The van der Waals surface area contributed by atoms with Crippen molar-refractivity contribution in [2.45, 2.75) is 32.6 Å². The van der Waals surface area contributed by atoms with Crippen LogP contribution in [-0.2, 0) is 9.84 Å². The lowest BCUT2D eigenvalue weighted by Crippen LogP contribution is -2.10. The second-order valence-corrected chi connectivity index (χ2v) is 6.00. The topological polar surface area (TPSA) is 34.1 Å². The lowest BCUT2D eigenvalue weighted by molar-refractivity contribution is 0.590. The van der Waals surface area contributed by atoms with Gasteiger partial charge in [-0.25, -0.2) is 8.42 Å². The largest absolute Gasteiger partial charge is 0.229 e. The highest BCUT2D eigenvalue weighted by Gasteiger charge is 2.07. The van der Waals surface area contributed by atoms with Crippen LogP contribution in [0.3, 0.4) is 0 Å². The second kappa shape index (κ2) is 6.89. The average Bonchev–Trinajstić information content (AvgIpc) is 1.98. The molecule has 2 nitrogen and oxygen atoms in total. The van der Waals surface area contributed by atoms with Gasteiger partial charge in [-0.05, 0) is 19.3 Å². The average molecular weight is 257 g/mol. The van der Waals surface area contributed by atoms with Crippen LogP contribution in [0.4, 0.5) is 0 Å². The third-order valence-electron chi connectivity index (χ3n) is 1.60. The van der Waals surface area contributed by atoms with E-state index in [-0.39, 0.29) is 0 Å². The zero-order valence-electron chi connectivity index (χ0n) is 7.55. The third-order valence-corrected chi connectivity index (χ3v) is 4.11. The molecule has 0 rings (SSSR count). The van der Waals surface area contributed by atoms with Crippen molar-refractivity contribution in [2.75, 3.05) is 16.8 Å². The van der Waals surface area contributed by atoms with Crippen LogP contribution >= 0.6 is 15.9 Å². The van der Waals surface area contributed by atoms with Crippen molar-refractivity contribution in [1.29, 1.82) is 0 Å². The molecule has 0 heterocycles. The summed E-state index contributed by atoms with van der Waals surface area (Å²) in [6, 6.07) is 0. The molecule has 0 saturated carbocycles. The van der Waals surface area contributed by atoms with Gasteiger partial charge in [0, 0.05) is 11.1 Å². The fourth-order valence-electron chi connectivity index (χ4n) is 1.01. The maximum Gasteiger partial charge on any atom is 0.150 e. The minimum atomic E-state index is -2.73. The molecule has 0 fully saturated rings. The minimum Gasteiger partial charge on any atom is -0.229 e. The second-order valence-electron chi connectivity index (χ2n) is 2.90.